The van der Waals surface area contributed by atoms with Gasteiger partial charge in [0.2, 0.25) is 0 Å². The molecule has 2 aromatic heterocycles. The molecule has 306 valence electrons. The third-order valence-electron chi connectivity index (χ3n) is 14.0. The Balaban J connectivity index is 1.04. The third-order valence-corrected chi connectivity index (χ3v) is 14.0. The Kier molecular flexibility index (Phi) is 8.29. The van der Waals surface area contributed by atoms with Gasteiger partial charge >= 0.3 is 0 Å². The molecule has 65 heavy (non-hydrogen) atoms. The van der Waals surface area contributed by atoms with Crippen LogP contribution in [0.5, 0.6) is 0 Å². The van der Waals surface area contributed by atoms with E-state index < -0.39 is 0 Å². The molecule has 0 radical (unpaired) electrons. The number of rotatable bonds is 6. The lowest BCUT2D eigenvalue weighted by molar-refractivity contribution is 0.661. The van der Waals surface area contributed by atoms with Gasteiger partial charge in [0.1, 0.15) is 0 Å². The minimum atomic E-state index is -0.266. The van der Waals surface area contributed by atoms with Crippen LogP contribution in [0.3, 0.4) is 0 Å². The van der Waals surface area contributed by atoms with Crippen molar-refractivity contribution in [1.82, 2.24) is 9.13 Å². The fraction of sp³-hybridized carbons (Fsp3) is 0.0476. The van der Waals surface area contributed by atoms with Gasteiger partial charge in [-0.05, 0) is 140 Å². The molecule has 1 aliphatic carbocycles. The van der Waals surface area contributed by atoms with Crippen molar-refractivity contribution in [3.8, 4) is 67.0 Å². The molecule has 0 saturated carbocycles. The smallest absolute Gasteiger partial charge is 0.0544 e. The number of nitrogens with zero attached hydrogens (tertiary/aromatic N) is 2. The SMILES string of the molecule is CC1(C)c2cc3c(cc2-c2cc4c5ccccc5n(-c5cc(-c6ccccc6)cc(-c6ccccc6)c5)c4cc21)c1ccccc1n3-c1cc(-c2ccccc2)cc(-c2ccccc2)c1. The van der Waals surface area contributed by atoms with Gasteiger partial charge in [0, 0.05) is 38.3 Å². The molecule has 0 fully saturated rings. The lowest BCUT2D eigenvalue weighted by atomic mass is 9.82. The molecule has 0 bridgehead atoms. The zero-order valence-corrected chi connectivity index (χ0v) is 36.3. The Morgan fingerprint density at radius 1 is 0.262 bits per heavy atom. The van der Waals surface area contributed by atoms with Crippen LogP contribution in [0.1, 0.15) is 25.0 Å². The highest BCUT2D eigenvalue weighted by Crippen LogP contribution is 2.53. The number of hydrogen-bond acceptors (Lipinski definition) is 0. The summed E-state index contributed by atoms with van der Waals surface area (Å²) in [6.45, 7) is 4.84. The molecule has 2 heteroatoms. The Morgan fingerprint density at radius 3 is 0.908 bits per heavy atom. The highest BCUT2D eigenvalue weighted by molar-refractivity contribution is 6.15. The number of benzene rings is 10. The topological polar surface area (TPSA) is 9.86 Å². The van der Waals surface area contributed by atoms with Crippen LogP contribution in [0.15, 0.2) is 231 Å². The zero-order valence-electron chi connectivity index (χ0n) is 36.3. The van der Waals surface area contributed by atoms with E-state index in [1.165, 1.54) is 110 Å². The number of aromatic nitrogens is 2. The van der Waals surface area contributed by atoms with Crippen molar-refractivity contribution in [3.05, 3.63) is 242 Å². The van der Waals surface area contributed by atoms with E-state index in [2.05, 4.69) is 254 Å². The second-order valence-electron chi connectivity index (χ2n) is 18.2. The van der Waals surface area contributed by atoms with Crippen molar-refractivity contribution in [2.24, 2.45) is 0 Å². The third kappa shape index (κ3) is 5.88. The quantitative estimate of drug-likeness (QED) is 0.158. The lowest BCUT2D eigenvalue weighted by Gasteiger charge is -2.22. The number of hydrogen-bond donors (Lipinski definition) is 0. The zero-order chi connectivity index (χ0) is 43.2. The van der Waals surface area contributed by atoms with Crippen LogP contribution in [-0.2, 0) is 5.41 Å². The molecule has 13 rings (SSSR count). The maximum Gasteiger partial charge on any atom is 0.0544 e. The standard InChI is InChI=1S/C63H44N2/c1-63(2)57-39-61-55(51-27-15-17-29-59(51)64(61)49-33-45(41-19-7-3-8-20-41)31-46(34-49)42-21-9-4-10-22-42)37-53(57)54-38-56-52-28-16-18-30-60(52)65(62(56)40-58(54)63)50-35-47(43-23-11-5-12-24-43)32-48(36-50)44-25-13-6-14-26-44/h3-40H,1-2H3. The Labute approximate surface area is 378 Å². The van der Waals surface area contributed by atoms with Gasteiger partial charge < -0.3 is 9.13 Å². The van der Waals surface area contributed by atoms with Crippen LogP contribution in [0.2, 0.25) is 0 Å². The molecule has 0 spiro atoms. The summed E-state index contributed by atoms with van der Waals surface area (Å²) in [5.41, 5.74) is 21.9. The van der Waals surface area contributed by atoms with Crippen molar-refractivity contribution in [1.29, 1.82) is 0 Å². The largest absolute Gasteiger partial charge is 0.309 e. The van der Waals surface area contributed by atoms with Gasteiger partial charge in [-0.25, -0.2) is 0 Å². The first-order chi connectivity index (χ1) is 32.0. The number of para-hydroxylation sites is 2. The fourth-order valence-corrected chi connectivity index (χ4v) is 10.9. The second kappa shape index (κ2) is 14.4. The van der Waals surface area contributed by atoms with E-state index in [-0.39, 0.29) is 5.41 Å². The summed E-state index contributed by atoms with van der Waals surface area (Å²) in [4.78, 5) is 0. The first-order valence-electron chi connectivity index (χ1n) is 22.7. The van der Waals surface area contributed by atoms with Gasteiger partial charge in [-0.2, -0.15) is 0 Å². The van der Waals surface area contributed by atoms with Gasteiger partial charge in [0.05, 0.1) is 22.1 Å². The second-order valence-corrected chi connectivity index (χ2v) is 18.2. The van der Waals surface area contributed by atoms with Crippen LogP contribution >= 0.6 is 0 Å². The minimum absolute atomic E-state index is 0.266. The van der Waals surface area contributed by atoms with Crippen LogP contribution in [-0.4, -0.2) is 9.13 Å². The van der Waals surface area contributed by atoms with E-state index in [0.29, 0.717) is 0 Å². The maximum atomic E-state index is 2.51. The van der Waals surface area contributed by atoms with E-state index in [9.17, 15) is 0 Å². The molecule has 0 unspecified atom stereocenters. The van der Waals surface area contributed by atoms with E-state index >= 15 is 0 Å². The van der Waals surface area contributed by atoms with Crippen molar-refractivity contribution >= 4 is 43.6 Å². The summed E-state index contributed by atoms with van der Waals surface area (Å²) in [5.74, 6) is 0. The van der Waals surface area contributed by atoms with E-state index in [1.807, 2.05) is 0 Å². The van der Waals surface area contributed by atoms with Crippen LogP contribution in [0.25, 0.3) is 111 Å². The Hall–Kier alpha value is -8.20. The predicted molar refractivity (Wildman–Crippen MR) is 274 cm³/mol. The van der Waals surface area contributed by atoms with Gasteiger partial charge in [0.25, 0.3) is 0 Å². The average molecular weight is 829 g/mol. The monoisotopic (exact) mass is 828 g/mol. The minimum Gasteiger partial charge on any atom is -0.309 e. The van der Waals surface area contributed by atoms with Crippen LogP contribution < -0.4 is 0 Å². The maximum absolute atomic E-state index is 2.51. The van der Waals surface area contributed by atoms with Crippen LogP contribution in [0.4, 0.5) is 0 Å². The molecule has 12 aromatic rings. The molecule has 1 aliphatic rings. The predicted octanol–water partition coefficient (Wildman–Crippen LogP) is 16.9. The molecule has 0 amide bonds. The summed E-state index contributed by atoms with van der Waals surface area (Å²) >= 11 is 0. The summed E-state index contributed by atoms with van der Waals surface area (Å²) in [6.07, 6.45) is 0. The molecule has 0 N–H and O–H groups in total. The summed E-state index contributed by atoms with van der Waals surface area (Å²) in [5, 5.41) is 5.05. The van der Waals surface area contributed by atoms with E-state index in [1.54, 1.807) is 0 Å². The van der Waals surface area contributed by atoms with Gasteiger partial charge in [-0.3, -0.25) is 0 Å². The lowest BCUT2D eigenvalue weighted by Crippen LogP contribution is -2.15. The highest BCUT2D eigenvalue weighted by Gasteiger charge is 2.37. The van der Waals surface area contributed by atoms with Crippen molar-refractivity contribution < 1.29 is 0 Å². The van der Waals surface area contributed by atoms with Crippen molar-refractivity contribution in [2.75, 3.05) is 0 Å². The molecule has 2 heterocycles. The average Bonchev–Trinajstić information content (AvgIpc) is 3.95. The van der Waals surface area contributed by atoms with Crippen molar-refractivity contribution in [3.63, 3.8) is 0 Å². The molecule has 0 saturated heterocycles. The molecule has 0 atom stereocenters. The van der Waals surface area contributed by atoms with E-state index in [0.717, 1.165) is 11.4 Å². The first-order valence-corrected chi connectivity index (χ1v) is 22.7. The summed E-state index contributed by atoms with van der Waals surface area (Å²) < 4.78 is 5.01. The van der Waals surface area contributed by atoms with Gasteiger partial charge in [-0.15, -0.1) is 0 Å². The Morgan fingerprint density at radius 2 is 0.569 bits per heavy atom. The molecule has 10 aromatic carbocycles. The first kappa shape index (κ1) is 37.4. The molecular weight excluding hydrogens is 785 g/mol. The highest BCUT2D eigenvalue weighted by atomic mass is 15.0. The normalized spacial score (nSPS) is 12.9. The number of fused-ring (bicyclic) bond motifs is 9. The fourth-order valence-electron chi connectivity index (χ4n) is 10.9. The van der Waals surface area contributed by atoms with Crippen LogP contribution in [0, 0.1) is 0 Å². The van der Waals surface area contributed by atoms with E-state index in [4.69, 9.17) is 0 Å². The Bertz CT molecular complexity index is 3450. The summed E-state index contributed by atoms with van der Waals surface area (Å²) in [6, 6.07) is 85.1. The van der Waals surface area contributed by atoms with Gasteiger partial charge in [-0.1, -0.05) is 172 Å². The van der Waals surface area contributed by atoms with Crippen molar-refractivity contribution in [2.45, 2.75) is 19.3 Å². The summed E-state index contributed by atoms with van der Waals surface area (Å²) in [7, 11) is 0. The van der Waals surface area contributed by atoms with Gasteiger partial charge in [0.15, 0.2) is 0 Å². The molecule has 2 nitrogen and oxygen atoms in total. The molecular formula is C63H44N2. The molecule has 0 aliphatic heterocycles.